The lowest BCUT2D eigenvalue weighted by molar-refractivity contribution is 0.860. The molecule has 7 heteroatoms. The summed E-state index contributed by atoms with van der Waals surface area (Å²) in [6.45, 7) is 6.19. The fourth-order valence-corrected chi connectivity index (χ4v) is 3.78. The van der Waals surface area contributed by atoms with Crippen molar-refractivity contribution in [2.45, 2.75) is 13.8 Å². The van der Waals surface area contributed by atoms with E-state index < -0.39 is 0 Å². The van der Waals surface area contributed by atoms with E-state index in [-0.39, 0.29) is 0 Å². The fraction of sp³-hybridized carbons (Fsp3) is 0.267. The van der Waals surface area contributed by atoms with Crippen molar-refractivity contribution in [1.82, 2.24) is 9.97 Å². The molecule has 0 aliphatic carbocycles. The van der Waals surface area contributed by atoms with Crippen molar-refractivity contribution < 1.29 is 0 Å². The van der Waals surface area contributed by atoms with Crippen LogP contribution >= 0.6 is 22.7 Å². The molecule has 22 heavy (non-hydrogen) atoms. The van der Waals surface area contributed by atoms with E-state index in [0.717, 1.165) is 38.4 Å². The van der Waals surface area contributed by atoms with Gasteiger partial charge in [-0.1, -0.05) is 34.8 Å². The van der Waals surface area contributed by atoms with Crippen LogP contribution in [0.15, 0.2) is 35.6 Å². The summed E-state index contributed by atoms with van der Waals surface area (Å²) >= 11 is 3.23. The highest BCUT2D eigenvalue weighted by Gasteiger charge is 2.06. The van der Waals surface area contributed by atoms with Crippen molar-refractivity contribution in [3.63, 3.8) is 0 Å². The maximum atomic E-state index is 4.48. The Balaban J connectivity index is 1.66. The van der Waals surface area contributed by atoms with Crippen LogP contribution in [0.5, 0.6) is 0 Å². The maximum absolute atomic E-state index is 4.48. The van der Waals surface area contributed by atoms with E-state index in [1.54, 1.807) is 28.9 Å². The predicted molar refractivity (Wildman–Crippen MR) is 96.5 cm³/mol. The van der Waals surface area contributed by atoms with E-state index in [1.165, 1.54) is 0 Å². The molecule has 3 aromatic rings. The molecule has 0 atom stereocenters. The minimum absolute atomic E-state index is 0.797. The number of para-hydroxylation sites is 1. The van der Waals surface area contributed by atoms with Crippen molar-refractivity contribution >= 4 is 49.4 Å². The average molecular weight is 331 g/mol. The van der Waals surface area contributed by atoms with Gasteiger partial charge in [-0.2, -0.15) is 5.10 Å². The second-order valence-electron chi connectivity index (χ2n) is 4.57. The predicted octanol–water partition coefficient (Wildman–Crippen LogP) is 4.05. The minimum atomic E-state index is 0.797. The molecule has 1 aromatic carbocycles. The first kappa shape index (κ1) is 14.9. The third-order valence-electron chi connectivity index (χ3n) is 3.19. The number of rotatable bonds is 6. The van der Waals surface area contributed by atoms with E-state index in [2.05, 4.69) is 45.3 Å². The molecule has 0 aliphatic heterocycles. The minimum Gasteiger partial charge on any atom is -0.349 e. The van der Waals surface area contributed by atoms with Gasteiger partial charge in [0.25, 0.3) is 0 Å². The first-order valence-corrected chi connectivity index (χ1v) is 8.79. The Morgan fingerprint density at radius 1 is 1.23 bits per heavy atom. The summed E-state index contributed by atoms with van der Waals surface area (Å²) in [5.74, 6) is 0. The van der Waals surface area contributed by atoms with Crippen LogP contribution in [0.2, 0.25) is 0 Å². The van der Waals surface area contributed by atoms with Gasteiger partial charge in [-0.25, -0.2) is 9.97 Å². The third kappa shape index (κ3) is 3.26. The number of nitrogens with one attached hydrogen (secondary N) is 1. The molecule has 0 saturated carbocycles. The monoisotopic (exact) mass is 331 g/mol. The summed E-state index contributed by atoms with van der Waals surface area (Å²) in [5.41, 5.74) is 3.98. The van der Waals surface area contributed by atoms with Gasteiger partial charge in [0.2, 0.25) is 5.13 Å². The molecular formula is C15H17N5S2. The largest absolute Gasteiger partial charge is 0.349 e. The number of nitrogens with zero attached hydrogens (tertiary/aromatic N) is 4. The van der Waals surface area contributed by atoms with Gasteiger partial charge < -0.3 is 4.90 Å². The van der Waals surface area contributed by atoms with Gasteiger partial charge in [-0.15, -0.1) is 0 Å². The van der Waals surface area contributed by atoms with Crippen LogP contribution in [-0.4, -0.2) is 29.3 Å². The van der Waals surface area contributed by atoms with Gasteiger partial charge in [0.1, 0.15) is 0 Å². The van der Waals surface area contributed by atoms with Crippen LogP contribution < -0.4 is 10.3 Å². The lowest BCUT2D eigenvalue weighted by atomic mass is 10.3. The molecule has 114 valence electrons. The molecule has 0 unspecified atom stereocenters. The molecule has 0 aliphatic rings. The van der Waals surface area contributed by atoms with Crippen molar-refractivity contribution in [3.05, 3.63) is 35.3 Å². The van der Waals surface area contributed by atoms with E-state index >= 15 is 0 Å². The van der Waals surface area contributed by atoms with Crippen molar-refractivity contribution in [2.75, 3.05) is 23.4 Å². The van der Waals surface area contributed by atoms with Crippen LogP contribution in [0.4, 0.5) is 10.3 Å². The van der Waals surface area contributed by atoms with Gasteiger partial charge >= 0.3 is 0 Å². The maximum Gasteiger partial charge on any atom is 0.204 e. The Labute approximate surface area is 137 Å². The number of hydrogen-bond acceptors (Lipinski definition) is 7. The lowest BCUT2D eigenvalue weighted by Crippen LogP contribution is -2.21. The SMILES string of the molecule is CCN(CC)c1ncc(/C=N\Nc2nc3ccccc3s2)s1. The third-order valence-corrected chi connectivity index (χ3v) is 5.12. The molecule has 0 amide bonds. The smallest absolute Gasteiger partial charge is 0.204 e. The van der Waals surface area contributed by atoms with Gasteiger partial charge in [0, 0.05) is 19.3 Å². The zero-order valence-corrected chi connectivity index (χ0v) is 14.1. The number of fused-ring (bicyclic) bond motifs is 1. The molecule has 2 aromatic heterocycles. The number of aromatic nitrogens is 2. The van der Waals surface area contributed by atoms with Crippen molar-refractivity contribution in [3.8, 4) is 0 Å². The van der Waals surface area contributed by atoms with E-state index in [0.29, 0.717) is 0 Å². The zero-order valence-electron chi connectivity index (χ0n) is 12.5. The van der Waals surface area contributed by atoms with Gasteiger partial charge in [0.15, 0.2) is 5.13 Å². The normalized spacial score (nSPS) is 11.4. The topological polar surface area (TPSA) is 53.4 Å². The molecule has 0 bridgehead atoms. The second-order valence-corrected chi connectivity index (χ2v) is 6.65. The molecule has 0 fully saturated rings. The zero-order chi connectivity index (χ0) is 15.4. The molecule has 2 heterocycles. The Morgan fingerprint density at radius 2 is 2.05 bits per heavy atom. The van der Waals surface area contributed by atoms with Crippen LogP contribution in [0.25, 0.3) is 10.2 Å². The number of benzene rings is 1. The summed E-state index contributed by atoms with van der Waals surface area (Å²) in [5, 5.41) is 6.09. The van der Waals surface area contributed by atoms with Crippen LogP contribution in [-0.2, 0) is 0 Å². The summed E-state index contributed by atoms with van der Waals surface area (Å²) in [6, 6.07) is 8.06. The first-order chi connectivity index (χ1) is 10.8. The number of hydrogen-bond donors (Lipinski definition) is 1. The van der Waals surface area contributed by atoms with E-state index in [1.807, 2.05) is 24.4 Å². The van der Waals surface area contributed by atoms with E-state index in [9.17, 15) is 0 Å². The molecule has 0 saturated heterocycles. The lowest BCUT2D eigenvalue weighted by Gasteiger charge is -2.16. The number of thiazole rings is 2. The molecule has 3 rings (SSSR count). The van der Waals surface area contributed by atoms with Crippen LogP contribution in [0, 0.1) is 0 Å². The highest BCUT2D eigenvalue weighted by molar-refractivity contribution is 7.22. The average Bonchev–Trinajstić information content (AvgIpc) is 3.15. The summed E-state index contributed by atoms with van der Waals surface area (Å²) in [6.07, 6.45) is 3.64. The first-order valence-electron chi connectivity index (χ1n) is 7.15. The standard InChI is InChI=1S/C15H17N5S2/c1-3-20(4-2)15-16-9-11(21-15)10-17-19-14-18-12-7-5-6-8-13(12)22-14/h5-10H,3-4H2,1-2H3,(H,18,19)/b17-10-. The van der Waals surface area contributed by atoms with Gasteiger partial charge in [0.05, 0.1) is 21.3 Å². The summed E-state index contributed by atoms with van der Waals surface area (Å²) in [7, 11) is 0. The number of hydrazone groups is 1. The van der Waals surface area contributed by atoms with Crippen molar-refractivity contribution in [1.29, 1.82) is 0 Å². The molecule has 0 spiro atoms. The molecule has 1 N–H and O–H groups in total. The number of anilines is 2. The fourth-order valence-electron chi connectivity index (χ4n) is 2.05. The van der Waals surface area contributed by atoms with Crippen LogP contribution in [0.1, 0.15) is 18.7 Å². The second kappa shape index (κ2) is 6.85. The molecule has 0 radical (unpaired) electrons. The highest BCUT2D eigenvalue weighted by Crippen LogP contribution is 2.25. The van der Waals surface area contributed by atoms with Crippen LogP contribution in [0.3, 0.4) is 0 Å². The molecular weight excluding hydrogens is 314 g/mol. The Kier molecular flexibility index (Phi) is 4.65. The van der Waals surface area contributed by atoms with Gasteiger partial charge in [-0.3, -0.25) is 5.43 Å². The summed E-state index contributed by atoms with van der Waals surface area (Å²) < 4.78 is 1.15. The Morgan fingerprint density at radius 3 is 2.82 bits per heavy atom. The van der Waals surface area contributed by atoms with Crippen molar-refractivity contribution in [2.24, 2.45) is 5.10 Å². The summed E-state index contributed by atoms with van der Waals surface area (Å²) in [4.78, 5) is 12.2. The van der Waals surface area contributed by atoms with E-state index in [4.69, 9.17) is 0 Å². The Hall–Kier alpha value is -1.99. The highest BCUT2D eigenvalue weighted by atomic mass is 32.1. The quantitative estimate of drug-likeness (QED) is 0.547. The molecule has 5 nitrogen and oxygen atoms in total. The Bertz CT molecular complexity index is 740. The van der Waals surface area contributed by atoms with Gasteiger partial charge in [-0.05, 0) is 26.0 Å².